The van der Waals surface area contributed by atoms with Gasteiger partial charge in [-0.1, -0.05) is 12.1 Å². The minimum Gasteiger partial charge on any atom is -0.492 e. The minimum absolute atomic E-state index is 0.0475. The van der Waals surface area contributed by atoms with Crippen LogP contribution in [0.1, 0.15) is 6.92 Å². The van der Waals surface area contributed by atoms with Crippen molar-refractivity contribution >= 4 is 31.6 Å². The van der Waals surface area contributed by atoms with Gasteiger partial charge in [-0.15, -0.1) is 0 Å². The minimum atomic E-state index is -3.94. The Bertz CT molecular complexity index is 1230. The molecule has 1 fully saturated rings. The first kappa shape index (κ1) is 26.9. The van der Waals surface area contributed by atoms with Gasteiger partial charge in [0, 0.05) is 13.1 Å². The van der Waals surface area contributed by atoms with E-state index in [0.29, 0.717) is 32.1 Å². The van der Waals surface area contributed by atoms with Crippen LogP contribution in [0.5, 0.6) is 5.75 Å². The van der Waals surface area contributed by atoms with E-state index >= 15 is 0 Å². The van der Waals surface area contributed by atoms with Crippen LogP contribution in [0.2, 0.25) is 0 Å². The number of hydrogen-bond acceptors (Lipinski definition) is 7. The predicted octanol–water partition coefficient (Wildman–Crippen LogP) is 1.20. The van der Waals surface area contributed by atoms with Crippen LogP contribution in [0.15, 0.2) is 53.4 Å². The van der Waals surface area contributed by atoms with Crippen LogP contribution in [0.25, 0.3) is 0 Å². The van der Waals surface area contributed by atoms with E-state index < -0.39 is 37.8 Å². The summed E-state index contributed by atoms with van der Waals surface area (Å²) in [5, 5.41) is 2.57. The van der Waals surface area contributed by atoms with Gasteiger partial charge >= 0.3 is 0 Å². The van der Waals surface area contributed by atoms with Crippen LogP contribution < -0.4 is 14.4 Å². The third-order valence-corrected chi connectivity index (χ3v) is 8.42. The third kappa shape index (κ3) is 6.69. The number of hydrogen-bond donors (Lipinski definition) is 1. The molecule has 0 radical (unpaired) electrons. The molecule has 2 aromatic carbocycles. The second-order valence-electron chi connectivity index (χ2n) is 7.81. The number of anilines is 1. The summed E-state index contributed by atoms with van der Waals surface area (Å²) in [6.45, 7) is 2.76. The predicted molar refractivity (Wildman–Crippen MR) is 128 cm³/mol. The number of halogens is 1. The maximum absolute atomic E-state index is 14.2. The van der Waals surface area contributed by atoms with Crippen molar-refractivity contribution in [3.63, 3.8) is 0 Å². The fraction of sp³-hybridized carbons (Fsp3) is 0.409. The normalized spacial score (nSPS) is 15.9. The number of sulfonamides is 2. The van der Waals surface area contributed by atoms with Crippen molar-refractivity contribution in [2.45, 2.75) is 17.9 Å². The van der Waals surface area contributed by atoms with E-state index in [9.17, 15) is 26.0 Å². The van der Waals surface area contributed by atoms with Crippen molar-refractivity contribution < 1.29 is 35.5 Å². The topological polar surface area (TPSA) is 122 Å². The van der Waals surface area contributed by atoms with E-state index in [2.05, 4.69) is 5.32 Å². The van der Waals surface area contributed by atoms with Crippen molar-refractivity contribution in [3.05, 3.63) is 54.3 Å². The summed E-state index contributed by atoms with van der Waals surface area (Å²) in [4.78, 5) is 12.7. The first-order valence-electron chi connectivity index (χ1n) is 10.8. The molecule has 1 aliphatic heterocycles. The Morgan fingerprint density at radius 3 is 2.34 bits per heavy atom. The molecule has 1 N–H and O–H groups in total. The van der Waals surface area contributed by atoms with Crippen LogP contribution in [0, 0.1) is 5.82 Å². The summed E-state index contributed by atoms with van der Waals surface area (Å²) >= 11 is 0. The average molecular weight is 530 g/mol. The number of rotatable bonds is 10. The van der Waals surface area contributed by atoms with Crippen molar-refractivity contribution in [1.82, 2.24) is 9.62 Å². The maximum atomic E-state index is 14.2. The number of morpholine rings is 1. The van der Waals surface area contributed by atoms with Gasteiger partial charge in [-0.2, -0.15) is 4.31 Å². The number of benzene rings is 2. The summed E-state index contributed by atoms with van der Waals surface area (Å²) in [6, 6.07) is 10.0. The Labute approximate surface area is 204 Å². The molecular formula is C22H28FN3O7S2. The highest BCUT2D eigenvalue weighted by molar-refractivity contribution is 7.92. The Balaban J connectivity index is 1.54. The molecule has 0 bridgehead atoms. The van der Waals surface area contributed by atoms with Gasteiger partial charge in [-0.05, 0) is 43.3 Å². The van der Waals surface area contributed by atoms with Gasteiger partial charge in [0.1, 0.15) is 24.2 Å². The molecule has 0 aliphatic carbocycles. The van der Waals surface area contributed by atoms with Crippen LogP contribution >= 0.6 is 0 Å². The van der Waals surface area contributed by atoms with E-state index in [4.69, 9.17) is 9.47 Å². The van der Waals surface area contributed by atoms with Gasteiger partial charge in [0.05, 0.1) is 36.6 Å². The molecule has 1 heterocycles. The lowest BCUT2D eigenvalue weighted by Gasteiger charge is -2.28. The second kappa shape index (κ2) is 11.3. The standard InChI is InChI=1S/C22H28FN3O7S2/c1-17(26(34(2,28)29)21-6-4-3-5-20(21)23)22(27)24-11-14-33-18-7-9-19(10-8-18)35(30,31)25-12-15-32-16-13-25/h3-10,17H,11-16H2,1-2H3,(H,24,27)/t17-/m1/s1. The molecule has 192 valence electrons. The summed E-state index contributed by atoms with van der Waals surface area (Å²) in [5.74, 6) is -0.994. The van der Waals surface area contributed by atoms with E-state index in [0.717, 1.165) is 16.6 Å². The van der Waals surface area contributed by atoms with Gasteiger partial charge in [-0.25, -0.2) is 21.2 Å². The van der Waals surface area contributed by atoms with Gasteiger partial charge in [0.25, 0.3) is 0 Å². The Kier molecular flexibility index (Phi) is 8.70. The lowest BCUT2D eigenvalue weighted by Crippen LogP contribution is -2.48. The third-order valence-electron chi connectivity index (χ3n) is 5.28. The Hall–Kier alpha value is -2.74. The maximum Gasteiger partial charge on any atom is 0.243 e. The number of ether oxygens (including phenoxy) is 2. The van der Waals surface area contributed by atoms with Crippen LogP contribution in [-0.2, 0) is 29.6 Å². The highest BCUT2D eigenvalue weighted by Gasteiger charge is 2.31. The Morgan fingerprint density at radius 2 is 1.74 bits per heavy atom. The zero-order valence-corrected chi connectivity index (χ0v) is 21.0. The molecule has 10 nitrogen and oxygen atoms in total. The first-order valence-corrected chi connectivity index (χ1v) is 14.1. The zero-order valence-electron chi connectivity index (χ0n) is 19.4. The number of amides is 1. The number of nitrogens with one attached hydrogen (secondary N) is 1. The van der Waals surface area contributed by atoms with E-state index in [1.807, 2.05) is 0 Å². The van der Waals surface area contributed by atoms with Crippen molar-refractivity contribution in [2.24, 2.45) is 0 Å². The van der Waals surface area contributed by atoms with Crippen LogP contribution in [-0.4, -0.2) is 78.8 Å². The largest absolute Gasteiger partial charge is 0.492 e. The van der Waals surface area contributed by atoms with Crippen molar-refractivity contribution in [1.29, 1.82) is 0 Å². The first-order chi connectivity index (χ1) is 16.5. The average Bonchev–Trinajstić information content (AvgIpc) is 2.83. The molecule has 0 saturated carbocycles. The molecule has 35 heavy (non-hydrogen) atoms. The molecule has 1 atom stereocenters. The molecule has 0 spiro atoms. The summed E-state index contributed by atoms with van der Waals surface area (Å²) in [6.07, 6.45) is 0.898. The molecule has 2 aromatic rings. The van der Waals surface area contributed by atoms with Crippen molar-refractivity contribution in [2.75, 3.05) is 50.0 Å². The number of carbonyl (C=O) groups excluding carboxylic acids is 1. The van der Waals surface area contributed by atoms with E-state index in [1.165, 1.54) is 53.7 Å². The molecule has 1 saturated heterocycles. The fourth-order valence-corrected chi connectivity index (χ4v) is 6.13. The number of para-hydroxylation sites is 1. The molecule has 13 heteroatoms. The second-order valence-corrected chi connectivity index (χ2v) is 11.6. The number of nitrogens with zero attached hydrogens (tertiary/aromatic N) is 2. The SMILES string of the molecule is C[C@H](C(=O)NCCOc1ccc(S(=O)(=O)N2CCOCC2)cc1)N(c1ccccc1F)S(C)(=O)=O. The highest BCUT2D eigenvalue weighted by Crippen LogP contribution is 2.24. The molecule has 3 rings (SSSR count). The van der Waals surface area contributed by atoms with Gasteiger partial charge < -0.3 is 14.8 Å². The summed E-state index contributed by atoms with van der Waals surface area (Å²) in [7, 11) is -7.55. The lowest BCUT2D eigenvalue weighted by atomic mass is 10.2. The van der Waals surface area contributed by atoms with Crippen LogP contribution in [0.4, 0.5) is 10.1 Å². The molecule has 0 aromatic heterocycles. The summed E-state index contributed by atoms with van der Waals surface area (Å²) in [5.41, 5.74) is -0.221. The van der Waals surface area contributed by atoms with Crippen LogP contribution in [0.3, 0.4) is 0 Å². The zero-order chi connectivity index (χ0) is 25.6. The van der Waals surface area contributed by atoms with E-state index in [1.54, 1.807) is 0 Å². The van der Waals surface area contributed by atoms with E-state index in [-0.39, 0.29) is 23.7 Å². The quantitative estimate of drug-likeness (QED) is 0.459. The molecule has 1 aliphatic rings. The van der Waals surface area contributed by atoms with Gasteiger partial charge in [0.2, 0.25) is 26.0 Å². The summed E-state index contributed by atoms with van der Waals surface area (Å²) < 4.78 is 76.8. The molecule has 0 unspecified atom stereocenters. The fourth-order valence-electron chi connectivity index (χ4n) is 3.55. The molecular weight excluding hydrogens is 501 g/mol. The lowest BCUT2D eigenvalue weighted by molar-refractivity contribution is -0.121. The van der Waals surface area contributed by atoms with Gasteiger partial charge in [-0.3, -0.25) is 9.10 Å². The monoisotopic (exact) mass is 529 g/mol. The van der Waals surface area contributed by atoms with Gasteiger partial charge in [0.15, 0.2) is 0 Å². The Morgan fingerprint density at radius 1 is 1.11 bits per heavy atom. The smallest absolute Gasteiger partial charge is 0.243 e. The highest BCUT2D eigenvalue weighted by atomic mass is 32.2. The number of carbonyl (C=O) groups is 1. The van der Waals surface area contributed by atoms with Crippen molar-refractivity contribution in [3.8, 4) is 5.75 Å². The molecule has 1 amide bonds.